The number of thiophene rings is 1. The van der Waals surface area contributed by atoms with Gasteiger partial charge in [-0.05, 0) is 24.1 Å². The number of nitrogens with zero attached hydrogens (tertiary/aromatic N) is 3. The summed E-state index contributed by atoms with van der Waals surface area (Å²) in [4.78, 5) is 36.1. The summed E-state index contributed by atoms with van der Waals surface area (Å²) in [7, 11) is 0. The molecule has 0 aromatic carbocycles. The lowest BCUT2D eigenvalue weighted by Crippen LogP contribution is -2.32. The summed E-state index contributed by atoms with van der Waals surface area (Å²) in [6.07, 6.45) is -4.29. The number of alkyl halides is 3. The van der Waals surface area contributed by atoms with E-state index < -0.39 is 23.9 Å². The Hall–Kier alpha value is -3.33. The molecule has 4 N–H and O–H groups in total. The monoisotopic (exact) mass is 523 g/mol. The number of H-pyrrole nitrogens is 1. The molecule has 0 unspecified atom stereocenters. The number of nitrogens with one attached hydrogen (secondary N) is 1. The van der Waals surface area contributed by atoms with Crippen molar-refractivity contribution in [2.24, 2.45) is 5.73 Å². The van der Waals surface area contributed by atoms with Gasteiger partial charge in [0.15, 0.2) is 0 Å². The van der Waals surface area contributed by atoms with Gasteiger partial charge in [-0.2, -0.15) is 27.1 Å². The van der Waals surface area contributed by atoms with Crippen LogP contribution in [0.15, 0.2) is 34.7 Å². The first-order valence-electron chi connectivity index (χ1n) is 10.0. The first-order valence-corrected chi connectivity index (χ1v) is 10.9. The highest BCUT2D eigenvalue weighted by Gasteiger charge is 2.38. The molecule has 2 aromatic rings. The molecule has 0 aliphatic carbocycles. The number of aliphatic carboxylic acids is 1. The number of aromatic nitrogens is 3. The van der Waals surface area contributed by atoms with Crippen molar-refractivity contribution in [3.8, 4) is 0 Å². The molecular weight excluding hydrogens is 501 g/mol. The Morgan fingerprint density at radius 3 is 2.43 bits per heavy atom. The van der Waals surface area contributed by atoms with Crippen molar-refractivity contribution in [1.82, 2.24) is 19.7 Å². The summed E-state index contributed by atoms with van der Waals surface area (Å²) >= 11 is 1.54. The van der Waals surface area contributed by atoms with Gasteiger partial charge in [-0.15, -0.1) is 11.3 Å². The molecule has 3 heterocycles. The predicted octanol–water partition coefficient (Wildman–Crippen LogP) is 2.60. The van der Waals surface area contributed by atoms with Crippen LogP contribution in [0.25, 0.3) is 5.57 Å². The second kappa shape index (κ2) is 11.9. The highest BCUT2D eigenvalue weighted by molar-refractivity contribution is 7.13. The lowest BCUT2D eigenvalue weighted by molar-refractivity contribution is -0.192. The molecule has 2 aromatic heterocycles. The number of hydrogen-bond donors (Lipinski definition) is 3. The summed E-state index contributed by atoms with van der Waals surface area (Å²) in [6.45, 7) is 2.78. The molecular formula is C20H22F5N5O4S. The molecule has 15 heteroatoms. The molecule has 35 heavy (non-hydrogen) atoms. The Kier molecular flexibility index (Phi) is 9.47. The first-order chi connectivity index (χ1) is 16.3. The molecule has 0 fully saturated rings. The lowest BCUT2D eigenvalue weighted by atomic mass is 10.1. The zero-order valence-electron chi connectivity index (χ0n) is 18.4. The maximum atomic E-state index is 12.9. The molecule has 0 saturated heterocycles. The lowest BCUT2D eigenvalue weighted by Gasteiger charge is -2.24. The van der Waals surface area contributed by atoms with Crippen LogP contribution in [0.4, 0.5) is 22.0 Å². The van der Waals surface area contributed by atoms with Crippen molar-refractivity contribution in [2.45, 2.75) is 32.5 Å². The van der Waals surface area contributed by atoms with Crippen LogP contribution in [0, 0.1) is 0 Å². The molecule has 3 rings (SSSR count). The SMILES string of the molecule is CC(=O)N1CC=C(c2ccc(Cn3c(CC(CN)=C(F)F)n[nH]c3=O)s2)CC1.O=C(O)C(F)(F)F. The second-order valence-corrected chi connectivity index (χ2v) is 8.46. The number of carboxylic acids is 1. The smallest absolute Gasteiger partial charge is 0.475 e. The third kappa shape index (κ3) is 7.85. The fraction of sp³-hybridized carbons (Fsp3) is 0.400. The van der Waals surface area contributed by atoms with Gasteiger partial charge in [0.2, 0.25) is 5.91 Å². The van der Waals surface area contributed by atoms with Crippen molar-refractivity contribution in [3.05, 3.63) is 55.9 Å². The van der Waals surface area contributed by atoms with Crippen molar-refractivity contribution >= 4 is 28.8 Å². The minimum Gasteiger partial charge on any atom is -0.475 e. The van der Waals surface area contributed by atoms with E-state index in [2.05, 4.69) is 10.2 Å². The number of amides is 1. The minimum absolute atomic E-state index is 0.0599. The topological polar surface area (TPSA) is 134 Å². The Labute approximate surface area is 199 Å². The number of carboxylic acid groups (broad SMARTS) is 1. The quantitative estimate of drug-likeness (QED) is 0.499. The normalized spacial score (nSPS) is 13.6. The molecule has 1 amide bonds. The number of halogens is 5. The van der Waals surface area contributed by atoms with Gasteiger partial charge in [0.25, 0.3) is 6.08 Å². The third-order valence-corrected chi connectivity index (χ3v) is 6.06. The van der Waals surface area contributed by atoms with E-state index in [0.717, 1.165) is 16.2 Å². The van der Waals surface area contributed by atoms with Gasteiger partial charge in [0, 0.05) is 48.3 Å². The maximum absolute atomic E-state index is 12.9. The van der Waals surface area contributed by atoms with E-state index in [1.165, 1.54) is 21.5 Å². The number of carbonyl (C=O) groups excluding carboxylic acids is 1. The molecule has 1 aliphatic heterocycles. The molecule has 0 radical (unpaired) electrons. The van der Waals surface area contributed by atoms with Crippen LogP contribution in [0.2, 0.25) is 0 Å². The van der Waals surface area contributed by atoms with Gasteiger partial charge >= 0.3 is 17.8 Å². The number of carbonyl (C=O) groups is 2. The van der Waals surface area contributed by atoms with Crippen LogP contribution in [-0.4, -0.2) is 62.5 Å². The fourth-order valence-electron chi connectivity index (χ4n) is 3.03. The summed E-state index contributed by atoms with van der Waals surface area (Å²) in [5, 5.41) is 13.3. The van der Waals surface area contributed by atoms with E-state index in [-0.39, 0.29) is 36.8 Å². The average Bonchev–Trinajstić information content (AvgIpc) is 3.39. The fourth-order valence-corrected chi connectivity index (χ4v) is 4.09. The Bertz CT molecular complexity index is 1180. The van der Waals surface area contributed by atoms with Crippen molar-refractivity contribution in [3.63, 3.8) is 0 Å². The first kappa shape index (κ1) is 27.9. The standard InChI is InChI=1S/C18H21F2N5O2S.C2HF3O2/c1-11(26)24-6-4-12(5-7-24)15-3-2-14(28-15)10-25-16(22-23-18(25)27)8-13(9-21)17(19)20;3-2(4,5)1(6)7/h2-4H,5-10,21H2,1H3,(H,23,27);(H,6,7). The van der Waals surface area contributed by atoms with Crippen molar-refractivity contribution < 1.29 is 36.6 Å². The van der Waals surface area contributed by atoms with Gasteiger partial charge in [0.05, 0.1) is 6.54 Å². The summed E-state index contributed by atoms with van der Waals surface area (Å²) in [5.74, 6) is -2.47. The minimum atomic E-state index is -5.08. The van der Waals surface area contributed by atoms with E-state index in [4.69, 9.17) is 15.6 Å². The van der Waals surface area contributed by atoms with E-state index in [1.807, 2.05) is 18.2 Å². The average molecular weight is 523 g/mol. The largest absolute Gasteiger partial charge is 0.490 e. The van der Waals surface area contributed by atoms with Crippen LogP contribution in [0.1, 0.15) is 28.9 Å². The summed E-state index contributed by atoms with van der Waals surface area (Å²) in [6, 6.07) is 3.89. The van der Waals surface area contributed by atoms with Crippen molar-refractivity contribution in [1.29, 1.82) is 0 Å². The highest BCUT2D eigenvalue weighted by atomic mass is 32.1. The Morgan fingerprint density at radius 1 is 1.29 bits per heavy atom. The number of rotatable bonds is 6. The molecule has 0 bridgehead atoms. The molecule has 0 saturated carbocycles. The van der Waals surface area contributed by atoms with Crippen LogP contribution in [0.5, 0.6) is 0 Å². The van der Waals surface area contributed by atoms with Crippen LogP contribution in [0.3, 0.4) is 0 Å². The molecule has 0 spiro atoms. The van der Waals surface area contributed by atoms with Crippen LogP contribution >= 0.6 is 11.3 Å². The number of hydrogen-bond acceptors (Lipinski definition) is 6. The number of aromatic amines is 1. The van der Waals surface area contributed by atoms with Gasteiger partial charge in [-0.3, -0.25) is 9.36 Å². The van der Waals surface area contributed by atoms with E-state index in [0.29, 0.717) is 13.1 Å². The van der Waals surface area contributed by atoms with E-state index in [9.17, 15) is 31.5 Å². The van der Waals surface area contributed by atoms with Gasteiger partial charge in [0.1, 0.15) is 5.82 Å². The van der Waals surface area contributed by atoms with Crippen LogP contribution in [-0.2, 0) is 22.6 Å². The van der Waals surface area contributed by atoms with Gasteiger partial charge in [-0.1, -0.05) is 6.08 Å². The molecule has 1 aliphatic rings. The second-order valence-electron chi connectivity index (χ2n) is 7.29. The Balaban J connectivity index is 0.000000540. The van der Waals surface area contributed by atoms with E-state index in [1.54, 1.807) is 11.8 Å². The van der Waals surface area contributed by atoms with Gasteiger partial charge < -0.3 is 15.7 Å². The highest BCUT2D eigenvalue weighted by Crippen LogP contribution is 2.29. The summed E-state index contributed by atoms with van der Waals surface area (Å²) in [5.41, 5.74) is 5.83. The number of nitrogens with two attached hydrogens (primary N) is 1. The van der Waals surface area contributed by atoms with Crippen molar-refractivity contribution in [2.75, 3.05) is 19.6 Å². The third-order valence-electron chi connectivity index (χ3n) is 4.91. The molecule has 9 nitrogen and oxygen atoms in total. The predicted molar refractivity (Wildman–Crippen MR) is 117 cm³/mol. The van der Waals surface area contributed by atoms with E-state index >= 15 is 0 Å². The molecule has 192 valence electrons. The zero-order chi connectivity index (χ0) is 26.3. The maximum Gasteiger partial charge on any atom is 0.490 e. The van der Waals surface area contributed by atoms with Gasteiger partial charge in [-0.25, -0.2) is 14.7 Å². The Morgan fingerprint density at radius 2 is 1.94 bits per heavy atom. The molecule has 0 atom stereocenters. The zero-order valence-corrected chi connectivity index (χ0v) is 19.2. The van der Waals surface area contributed by atoms with Crippen LogP contribution < -0.4 is 11.4 Å². The summed E-state index contributed by atoms with van der Waals surface area (Å²) < 4.78 is 58.9.